The molecule has 1 saturated heterocycles. The van der Waals surface area contributed by atoms with Crippen molar-refractivity contribution in [1.82, 2.24) is 9.55 Å². The maximum absolute atomic E-state index is 14.8. The normalized spacial score (nSPS) is 21.7. The van der Waals surface area contributed by atoms with Crippen LogP contribution in [0.5, 0.6) is 0 Å². The molecule has 11 heteroatoms. The third-order valence-corrected chi connectivity index (χ3v) is 5.87. The summed E-state index contributed by atoms with van der Waals surface area (Å²) in [6.45, 7) is 1.01. The number of hydrogen-bond donors (Lipinski definition) is 2. The molecular formula is C20H16ClF3N4O3. The topological polar surface area (TPSA) is 101 Å². The Morgan fingerprint density at radius 1 is 1.13 bits per heavy atom. The van der Waals surface area contributed by atoms with Crippen LogP contribution in [0.4, 0.5) is 19.0 Å². The van der Waals surface area contributed by atoms with Crippen molar-refractivity contribution in [3.63, 3.8) is 0 Å². The van der Waals surface area contributed by atoms with E-state index in [2.05, 4.69) is 4.98 Å². The summed E-state index contributed by atoms with van der Waals surface area (Å²) in [5.41, 5.74) is 3.94. The van der Waals surface area contributed by atoms with Gasteiger partial charge in [0.25, 0.3) is 0 Å². The number of pyridine rings is 2. The highest BCUT2D eigenvalue weighted by molar-refractivity contribution is 5.92. The molecule has 3 heterocycles. The molecule has 1 aromatic carbocycles. The fourth-order valence-corrected chi connectivity index (χ4v) is 4.19. The Labute approximate surface area is 179 Å². The molecule has 1 aliphatic carbocycles. The second-order valence-electron chi connectivity index (χ2n) is 7.62. The number of aromatic carboxylic acids is 1. The molecule has 0 spiro atoms. The van der Waals surface area contributed by atoms with Gasteiger partial charge in [0.1, 0.15) is 17.2 Å². The molecule has 2 aromatic heterocycles. The van der Waals surface area contributed by atoms with E-state index in [9.17, 15) is 27.9 Å². The van der Waals surface area contributed by atoms with Crippen molar-refractivity contribution in [1.29, 1.82) is 0 Å². The van der Waals surface area contributed by atoms with Crippen molar-refractivity contribution in [2.75, 3.05) is 18.0 Å². The van der Waals surface area contributed by atoms with Crippen LogP contribution in [-0.2, 0) is 0 Å². The maximum atomic E-state index is 14.8. The zero-order valence-electron chi connectivity index (χ0n) is 15.8. The van der Waals surface area contributed by atoms with Crippen molar-refractivity contribution in [2.45, 2.75) is 6.04 Å². The van der Waals surface area contributed by atoms with Crippen LogP contribution in [-0.4, -0.2) is 39.8 Å². The van der Waals surface area contributed by atoms with Crippen molar-refractivity contribution < 1.29 is 23.1 Å². The van der Waals surface area contributed by atoms with Crippen molar-refractivity contribution in [3.05, 3.63) is 63.7 Å². The van der Waals surface area contributed by atoms with Crippen LogP contribution >= 0.6 is 12.4 Å². The third kappa shape index (κ3) is 3.22. The molecule has 1 aliphatic heterocycles. The van der Waals surface area contributed by atoms with E-state index >= 15 is 0 Å². The fraction of sp³-hybridized carbons (Fsp3) is 0.250. The highest BCUT2D eigenvalue weighted by atomic mass is 35.5. The molecular weight excluding hydrogens is 437 g/mol. The SMILES string of the molecule is Cl.NC1[C@H]2CN(c3nc4c(cc3F)c(=O)c(C(=O)O)cn4-c3ccc(F)cc3F)C[C@@H]12. The Hall–Kier alpha value is -3.11. The number of aromatic nitrogens is 2. The molecule has 3 aromatic rings. The minimum atomic E-state index is -1.56. The second kappa shape index (κ2) is 7.24. The number of anilines is 1. The van der Waals surface area contributed by atoms with Crippen LogP contribution in [0, 0.1) is 29.3 Å². The first-order valence-electron chi connectivity index (χ1n) is 9.21. The molecule has 2 fully saturated rings. The number of rotatable bonds is 3. The zero-order valence-corrected chi connectivity index (χ0v) is 16.6. The van der Waals surface area contributed by atoms with E-state index in [4.69, 9.17) is 5.73 Å². The lowest BCUT2D eigenvalue weighted by molar-refractivity contribution is 0.0695. The molecule has 5 rings (SSSR count). The first-order chi connectivity index (χ1) is 14.3. The number of piperidine rings is 1. The van der Waals surface area contributed by atoms with Gasteiger partial charge in [0, 0.05) is 31.4 Å². The number of carboxylic acid groups (broad SMARTS) is 1. The van der Waals surface area contributed by atoms with Gasteiger partial charge < -0.3 is 15.7 Å². The molecule has 3 N–H and O–H groups in total. The first kappa shape index (κ1) is 21.1. The first-order valence-corrected chi connectivity index (χ1v) is 9.21. The Bertz CT molecular complexity index is 1290. The molecule has 3 atom stereocenters. The van der Waals surface area contributed by atoms with Gasteiger partial charge in [-0.3, -0.25) is 9.36 Å². The van der Waals surface area contributed by atoms with E-state index < -0.39 is 34.4 Å². The Morgan fingerprint density at radius 2 is 1.81 bits per heavy atom. The highest BCUT2D eigenvalue weighted by Gasteiger charge is 2.54. The number of halogens is 4. The summed E-state index contributed by atoms with van der Waals surface area (Å²) >= 11 is 0. The number of hydrogen-bond acceptors (Lipinski definition) is 5. The number of nitrogens with zero attached hydrogens (tertiary/aromatic N) is 3. The second-order valence-corrected chi connectivity index (χ2v) is 7.62. The summed E-state index contributed by atoms with van der Waals surface area (Å²) in [4.78, 5) is 30.1. The van der Waals surface area contributed by atoms with Gasteiger partial charge >= 0.3 is 5.97 Å². The van der Waals surface area contributed by atoms with E-state index in [1.54, 1.807) is 4.90 Å². The van der Waals surface area contributed by atoms with Crippen LogP contribution in [0.2, 0.25) is 0 Å². The number of carbonyl (C=O) groups is 1. The predicted octanol–water partition coefficient (Wildman–Crippen LogP) is 2.32. The van der Waals surface area contributed by atoms with Gasteiger partial charge in [0.2, 0.25) is 5.43 Å². The Balaban J connectivity index is 0.00000231. The summed E-state index contributed by atoms with van der Waals surface area (Å²) < 4.78 is 43.7. The lowest BCUT2D eigenvalue weighted by atomic mass is 10.1. The molecule has 31 heavy (non-hydrogen) atoms. The van der Waals surface area contributed by atoms with Crippen molar-refractivity contribution >= 4 is 35.2 Å². The van der Waals surface area contributed by atoms with Crippen LogP contribution in [0.15, 0.2) is 35.3 Å². The average molecular weight is 453 g/mol. The quantitative estimate of drug-likeness (QED) is 0.632. The number of nitrogens with two attached hydrogens (primary N) is 1. The van der Waals surface area contributed by atoms with Crippen LogP contribution in [0.25, 0.3) is 16.7 Å². The van der Waals surface area contributed by atoms with Gasteiger partial charge in [0.05, 0.1) is 11.1 Å². The summed E-state index contributed by atoms with van der Waals surface area (Å²) in [5, 5.41) is 9.05. The van der Waals surface area contributed by atoms with Gasteiger partial charge in [-0.25, -0.2) is 22.9 Å². The minimum Gasteiger partial charge on any atom is -0.477 e. The van der Waals surface area contributed by atoms with E-state index in [0.29, 0.717) is 19.2 Å². The third-order valence-electron chi connectivity index (χ3n) is 5.87. The Kier molecular flexibility index (Phi) is 4.94. The molecule has 0 bridgehead atoms. The van der Waals surface area contributed by atoms with Crippen LogP contribution in [0.1, 0.15) is 10.4 Å². The zero-order chi connectivity index (χ0) is 21.3. The maximum Gasteiger partial charge on any atom is 0.341 e. The van der Waals surface area contributed by atoms with E-state index in [0.717, 1.165) is 29.0 Å². The number of fused-ring (bicyclic) bond motifs is 2. The van der Waals surface area contributed by atoms with Gasteiger partial charge in [-0.2, -0.15) is 0 Å². The summed E-state index contributed by atoms with van der Waals surface area (Å²) in [7, 11) is 0. The standard InChI is InChI=1S/C20H15F3N4O3.ClH/c21-8-1-2-15(13(22)3-8)27-7-12(20(29)30)17(28)9-4-14(23)19(25-18(9)27)26-5-10-11(6-26)16(10)24;/h1-4,7,10-11,16H,5-6,24H2,(H,29,30);1H/t10-,11+,16?;. The van der Waals surface area contributed by atoms with Gasteiger partial charge in [0.15, 0.2) is 17.3 Å². The number of carboxylic acids is 1. The highest BCUT2D eigenvalue weighted by Crippen LogP contribution is 2.45. The molecule has 1 saturated carbocycles. The molecule has 2 aliphatic rings. The summed E-state index contributed by atoms with van der Waals surface area (Å²) in [5.74, 6) is -3.70. The average Bonchev–Trinajstić information content (AvgIpc) is 3.10. The molecule has 0 radical (unpaired) electrons. The Morgan fingerprint density at radius 3 is 2.42 bits per heavy atom. The van der Waals surface area contributed by atoms with Gasteiger partial charge in [-0.15, -0.1) is 12.4 Å². The molecule has 7 nitrogen and oxygen atoms in total. The molecule has 162 valence electrons. The van der Waals surface area contributed by atoms with E-state index in [-0.39, 0.29) is 52.8 Å². The van der Waals surface area contributed by atoms with E-state index in [1.165, 1.54) is 0 Å². The molecule has 0 amide bonds. The van der Waals surface area contributed by atoms with Crippen molar-refractivity contribution in [2.24, 2.45) is 17.6 Å². The smallest absolute Gasteiger partial charge is 0.341 e. The molecule has 1 unspecified atom stereocenters. The van der Waals surface area contributed by atoms with Crippen LogP contribution in [0.3, 0.4) is 0 Å². The van der Waals surface area contributed by atoms with E-state index in [1.807, 2.05) is 0 Å². The fourth-order valence-electron chi connectivity index (χ4n) is 4.19. The largest absolute Gasteiger partial charge is 0.477 e. The minimum absolute atomic E-state index is 0. The predicted molar refractivity (Wildman–Crippen MR) is 109 cm³/mol. The van der Waals surface area contributed by atoms with Gasteiger partial charge in [-0.1, -0.05) is 0 Å². The summed E-state index contributed by atoms with van der Waals surface area (Å²) in [6.07, 6.45) is 0.912. The monoisotopic (exact) mass is 452 g/mol. The van der Waals surface area contributed by atoms with Gasteiger partial charge in [-0.05, 0) is 30.0 Å². The van der Waals surface area contributed by atoms with Crippen LogP contribution < -0.4 is 16.1 Å². The van der Waals surface area contributed by atoms with Crippen molar-refractivity contribution in [3.8, 4) is 5.69 Å². The lowest BCUT2D eigenvalue weighted by Crippen LogP contribution is -2.30. The lowest BCUT2D eigenvalue weighted by Gasteiger charge is -2.22. The summed E-state index contributed by atoms with van der Waals surface area (Å²) in [6, 6.07) is 3.69. The number of benzene rings is 1.